The van der Waals surface area contributed by atoms with E-state index >= 15 is 0 Å². The zero-order chi connectivity index (χ0) is 24.4. The topological polar surface area (TPSA) is 95.2 Å². The van der Waals surface area contributed by atoms with Gasteiger partial charge in [-0.2, -0.15) is 4.98 Å². The molecule has 1 fully saturated rings. The Morgan fingerprint density at radius 3 is 2.63 bits per heavy atom. The van der Waals surface area contributed by atoms with E-state index in [2.05, 4.69) is 53.5 Å². The van der Waals surface area contributed by atoms with Crippen molar-refractivity contribution in [2.45, 2.75) is 18.9 Å². The standard InChI is InChI=1S/C25H24BrFN6O2/c1-33-11-9-17(10-12-33)30-25-31-22-20(26)14-28-24(34)21(22)23(32-25)29-16-5-7-18(8-6-16)35-19-4-2-3-15(27)13-19/h2-8,13-14,17H,9-12H2,1H3,(H,28,34)(H2,29,30,31,32). The van der Waals surface area contributed by atoms with Gasteiger partial charge in [-0.3, -0.25) is 4.79 Å². The van der Waals surface area contributed by atoms with Crippen LogP contribution in [0.25, 0.3) is 10.9 Å². The van der Waals surface area contributed by atoms with Crippen molar-refractivity contribution < 1.29 is 9.13 Å². The summed E-state index contributed by atoms with van der Waals surface area (Å²) in [7, 11) is 2.11. The molecule has 180 valence electrons. The molecule has 2 aromatic heterocycles. The highest BCUT2D eigenvalue weighted by molar-refractivity contribution is 9.10. The van der Waals surface area contributed by atoms with Gasteiger partial charge in [0.05, 0.1) is 9.99 Å². The molecule has 0 saturated carbocycles. The number of benzene rings is 2. The summed E-state index contributed by atoms with van der Waals surface area (Å²) in [6, 6.07) is 13.3. The molecule has 35 heavy (non-hydrogen) atoms. The summed E-state index contributed by atoms with van der Waals surface area (Å²) < 4.78 is 19.8. The minimum Gasteiger partial charge on any atom is -0.457 e. The van der Waals surface area contributed by atoms with Gasteiger partial charge < -0.3 is 25.3 Å². The number of nitrogens with one attached hydrogen (secondary N) is 3. The van der Waals surface area contributed by atoms with Crippen molar-refractivity contribution in [3.63, 3.8) is 0 Å². The molecule has 0 unspecified atom stereocenters. The lowest BCUT2D eigenvalue weighted by atomic mass is 10.1. The second-order valence-corrected chi connectivity index (χ2v) is 9.37. The Labute approximate surface area is 209 Å². The van der Waals surface area contributed by atoms with Gasteiger partial charge in [-0.05, 0) is 85.3 Å². The lowest BCUT2D eigenvalue weighted by Crippen LogP contribution is -2.37. The summed E-state index contributed by atoms with van der Waals surface area (Å²) in [6.07, 6.45) is 3.56. The third kappa shape index (κ3) is 5.44. The Bertz CT molecular complexity index is 1400. The first kappa shape index (κ1) is 23.3. The number of pyridine rings is 1. The Balaban J connectivity index is 1.42. The van der Waals surface area contributed by atoms with Gasteiger partial charge in [0.1, 0.15) is 28.5 Å². The third-order valence-corrected chi connectivity index (χ3v) is 6.50. The lowest BCUT2D eigenvalue weighted by Gasteiger charge is -2.29. The van der Waals surface area contributed by atoms with E-state index in [4.69, 9.17) is 4.74 Å². The second-order valence-electron chi connectivity index (χ2n) is 8.52. The predicted octanol–water partition coefficient (Wildman–Crippen LogP) is 5.26. The highest BCUT2D eigenvalue weighted by Crippen LogP contribution is 2.29. The van der Waals surface area contributed by atoms with Gasteiger partial charge in [-0.25, -0.2) is 9.37 Å². The highest BCUT2D eigenvalue weighted by Gasteiger charge is 2.20. The summed E-state index contributed by atoms with van der Waals surface area (Å²) in [5, 5.41) is 7.03. The molecule has 0 amide bonds. The first-order valence-electron chi connectivity index (χ1n) is 11.3. The van der Waals surface area contributed by atoms with Crippen molar-refractivity contribution in [2.24, 2.45) is 0 Å². The van der Waals surface area contributed by atoms with Gasteiger partial charge in [0, 0.05) is 24.0 Å². The number of fused-ring (bicyclic) bond motifs is 1. The normalized spacial score (nSPS) is 14.7. The van der Waals surface area contributed by atoms with E-state index in [0.29, 0.717) is 44.3 Å². The largest absolute Gasteiger partial charge is 0.457 e. The Kier molecular flexibility index (Phi) is 6.65. The van der Waals surface area contributed by atoms with Gasteiger partial charge >= 0.3 is 0 Å². The fourth-order valence-corrected chi connectivity index (χ4v) is 4.42. The van der Waals surface area contributed by atoms with Crippen molar-refractivity contribution in [1.82, 2.24) is 19.9 Å². The number of aromatic amines is 1. The molecule has 10 heteroatoms. The molecular formula is C25H24BrFN6O2. The molecular weight excluding hydrogens is 515 g/mol. The average Bonchev–Trinajstić information content (AvgIpc) is 2.84. The molecule has 0 radical (unpaired) electrons. The molecule has 4 aromatic rings. The van der Waals surface area contributed by atoms with Crippen LogP contribution in [0.5, 0.6) is 11.5 Å². The van der Waals surface area contributed by atoms with Crippen LogP contribution >= 0.6 is 15.9 Å². The first-order valence-corrected chi connectivity index (χ1v) is 12.1. The molecule has 1 saturated heterocycles. The molecule has 3 heterocycles. The number of halogens is 2. The van der Waals surface area contributed by atoms with Gasteiger partial charge in [-0.15, -0.1) is 0 Å². The SMILES string of the molecule is CN1CCC(Nc2nc(Nc3ccc(Oc4cccc(F)c4)cc3)c3c(=O)[nH]cc(Br)c3n2)CC1. The van der Waals surface area contributed by atoms with Gasteiger partial charge in [0.25, 0.3) is 5.56 Å². The number of H-pyrrole nitrogens is 1. The minimum atomic E-state index is -0.363. The van der Waals surface area contributed by atoms with Crippen molar-refractivity contribution >= 4 is 44.3 Å². The number of hydrogen-bond acceptors (Lipinski definition) is 7. The summed E-state index contributed by atoms with van der Waals surface area (Å²) in [4.78, 5) is 27.0. The number of likely N-dealkylation sites (tertiary alicyclic amines) is 1. The highest BCUT2D eigenvalue weighted by atomic mass is 79.9. The Morgan fingerprint density at radius 2 is 1.89 bits per heavy atom. The number of ether oxygens (including phenoxy) is 1. The van der Waals surface area contributed by atoms with Crippen molar-refractivity contribution in [3.8, 4) is 11.5 Å². The van der Waals surface area contributed by atoms with Crippen molar-refractivity contribution in [1.29, 1.82) is 0 Å². The number of nitrogens with zero attached hydrogens (tertiary/aromatic N) is 3. The van der Waals surface area contributed by atoms with Crippen LogP contribution in [0.1, 0.15) is 12.8 Å². The van der Waals surface area contributed by atoms with Gasteiger partial charge in [-0.1, -0.05) is 6.07 Å². The predicted molar refractivity (Wildman–Crippen MR) is 138 cm³/mol. The summed E-state index contributed by atoms with van der Waals surface area (Å²) in [5.41, 5.74) is 0.941. The molecule has 0 atom stereocenters. The van der Waals surface area contributed by atoms with E-state index in [1.54, 1.807) is 42.6 Å². The zero-order valence-corrected chi connectivity index (χ0v) is 20.6. The maximum atomic E-state index is 13.4. The smallest absolute Gasteiger partial charge is 0.261 e. The van der Waals surface area contributed by atoms with Crippen LogP contribution in [0.15, 0.2) is 64.0 Å². The molecule has 8 nitrogen and oxygen atoms in total. The molecule has 0 bridgehead atoms. The van der Waals surface area contributed by atoms with Crippen LogP contribution in [-0.4, -0.2) is 46.0 Å². The lowest BCUT2D eigenvalue weighted by molar-refractivity contribution is 0.263. The number of hydrogen-bond donors (Lipinski definition) is 3. The van der Waals surface area contributed by atoms with Crippen LogP contribution in [0.3, 0.4) is 0 Å². The van der Waals surface area contributed by atoms with Crippen LogP contribution in [0.4, 0.5) is 21.8 Å². The van der Waals surface area contributed by atoms with Crippen LogP contribution in [0.2, 0.25) is 0 Å². The van der Waals surface area contributed by atoms with Gasteiger partial charge in [0.15, 0.2) is 0 Å². The number of rotatable bonds is 6. The van der Waals surface area contributed by atoms with Crippen LogP contribution in [0, 0.1) is 5.82 Å². The quantitative estimate of drug-likeness (QED) is 0.308. The number of piperidine rings is 1. The van der Waals surface area contributed by atoms with E-state index < -0.39 is 0 Å². The van der Waals surface area contributed by atoms with Crippen molar-refractivity contribution in [3.05, 3.63) is 75.4 Å². The minimum absolute atomic E-state index is 0.261. The fourth-order valence-electron chi connectivity index (χ4n) is 4.02. The fraction of sp³-hybridized carbons (Fsp3) is 0.240. The molecule has 0 aliphatic carbocycles. The van der Waals surface area contributed by atoms with E-state index in [-0.39, 0.29) is 17.4 Å². The number of anilines is 3. The molecule has 5 rings (SSSR count). The van der Waals surface area contributed by atoms with E-state index in [9.17, 15) is 9.18 Å². The molecule has 1 aliphatic heterocycles. The Morgan fingerprint density at radius 1 is 1.11 bits per heavy atom. The molecule has 1 aliphatic rings. The van der Waals surface area contributed by atoms with E-state index in [1.165, 1.54) is 12.1 Å². The molecule has 3 N–H and O–H groups in total. The van der Waals surface area contributed by atoms with E-state index in [0.717, 1.165) is 25.9 Å². The Hall–Kier alpha value is -3.50. The van der Waals surface area contributed by atoms with Crippen LogP contribution < -0.4 is 20.9 Å². The third-order valence-electron chi connectivity index (χ3n) is 5.89. The van der Waals surface area contributed by atoms with Crippen molar-refractivity contribution in [2.75, 3.05) is 30.8 Å². The molecule has 0 spiro atoms. The summed E-state index contributed by atoms with van der Waals surface area (Å²) in [6.45, 7) is 2.01. The number of aromatic nitrogens is 3. The van der Waals surface area contributed by atoms with Crippen LogP contribution in [-0.2, 0) is 0 Å². The maximum Gasteiger partial charge on any atom is 0.261 e. The molecule has 2 aromatic carbocycles. The summed E-state index contributed by atoms with van der Waals surface area (Å²) >= 11 is 3.50. The maximum absolute atomic E-state index is 13.4. The van der Waals surface area contributed by atoms with Gasteiger partial charge in [0.2, 0.25) is 5.95 Å². The average molecular weight is 539 g/mol. The monoisotopic (exact) mass is 538 g/mol. The summed E-state index contributed by atoms with van der Waals surface area (Å²) in [5.74, 6) is 1.46. The zero-order valence-electron chi connectivity index (χ0n) is 19.0. The second kappa shape index (κ2) is 10.0. The first-order chi connectivity index (χ1) is 16.9. The van der Waals surface area contributed by atoms with E-state index in [1.807, 2.05) is 0 Å².